The van der Waals surface area contributed by atoms with Crippen molar-refractivity contribution in [3.63, 3.8) is 0 Å². The second-order valence-corrected chi connectivity index (χ2v) is 3.96. The molecule has 0 saturated carbocycles. The van der Waals surface area contributed by atoms with Crippen molar-refractivity contribution in [3.05, 3.63) is 24.0 Å². The lowest BCUT2D eigenvalue weighted by molar-refractivity contribution is -0.113. The molecule has 0 bridgehead atoms. The number of primary amides is 1. The molecule has 0 atom stereocenters. The molecule has 1 aromatic heterocycles. The summed E-state index contributed by atoms with van der Waals surface area (Å²) in [5, 5.41) is 0. The quantitative estimate of drug-likeness (QED) is 0.790. The summed E-state index contributed by atoms with van der Waals surface area (Å²) in [6.45, 7) is 2.10. The van der Waals surface area contributed by atoms with Crippen LogP contribution >= 0.6 is 0 Å². The van der Waals surface area contributed by atoms with E-state index in [-0.39, 0.29) is 0 Å². The normalized spacial score (nSPS) is 16.9. The van der Waals surface area contributed by atoms with E-state index in [9.17, 15) is 4.79 Å². The zero-order valence-corrected chi connectivity index (χ0v) is 9.19. The molecule has 2 rings (SSSR count). The highest BCUT2D eigenvalue weighted by Gasteiger charge is 2.13. The summed E-state index contributed by atoms with van der Waals surface area (Å²) in [4.78, 5) is 12.8. The Labute approximate surface area is 94.7 Å². The number of nitrogens with two attached hydrogens (primary N) is 1. The minimum atomic E-state index is -0.462. The number of anilines is 1. The van der Waals surface area contributed by atoms with E-state index in [0.717, 1.165) is 19.0 Å². The molecule has 1 aromatic rings. The van der Waals surface area contributed by atoms with Crippen LogP contribution in [0.4, 0.5) is 5.88 Å². The van der Waals surface area contributed by atoms with Crippen molar-refractivity contribution in [1.29, 1.82) is 0 Å². The second-order valence-electron chi connectivity index (χ2n) is 3.96. The van der Waals surface area contributed by atoms with Gasteiger partial charge in [0, 0.05) is 25.2 Å². The van der Waals surface area contributed by atoms with Crippen LogP contribution in [0.1, 0.15) is 25.0 Å². The van der Waals surface area contributed by atoms with Gasteiger partial charge in [0.15, 0.2) is 5.88 Å². The molecule has 1 saturated heterocycles. The molecule has 2 heterocycles. The molecule has 0 spiro atoms. The van der Waals surface area contributed by atoms with Gasteiger partial charge < -0.3 is 15.1 Å². The third kappa shape index (κ3) is 2.66. The van der Waals surface area contributed by atoms with Gasteiger partial charge in [-0.2, -0.15) is 0 Å². The molecule has 0 aromatic carbocycles. The van der Waals surface area contributed by atoms with Crippen molar-refractivity contribution < 1.29 is 9.21 Å². The lowest BCUT2D eigenvalue weighted by atomic mass is 10.1. The van der Waals surface area contributed by atoms with E-state index >= 15 is 0 Å². The molecule has 1 amide bonds. The first kappa shape index (κ1) is 10.8. The van der Waals surface area contributed by atoms with Gasteiger partial charge in [0.05, 0.1) is 0 Å². The van der Waals surface area contributed by atoms with Crippen molar-refractivity contribution in [2.75, 3.05) is 18.0 Å². The minimum Gasteiger partial charge on any atom is -0.441 e. The van der Waals surface area contributed by atoms with Gasteiger partial charge in [-0.3, -0.25) is 4.79 Å². The molecule has 4 heteroatoms. The summed E-state index contributed by atoms with van der Waals surface area (Å²) in [5.74, 6) is 1.08. The van der Waals surface area contributed by atoms with E-state index in [0.29, 0.717) is 5.76 Å². The maximum absolute atomic E-state index is 10.6. The van der Waals surface area contributed by atoms with Crippen molar-refractivity contribution in [2.45, 2.75) is 19.3 Å². The predicted octanol–water partition coefficient (Wildman–Crippen LogP) is 1.77. The predicted molar refractivity (Wildman–Crippen MR) is 63.0 cm³/mol. The van der Waals surface area contributed by atoms with Gasteiger partial charge in [0.25, 0.3) is 0 Å². The molecule has 0 unspecified atom stereocenters. The van der Waals surface area contributed by atoms with Crippen LogP contribution in [-0.2, 0) is 4.79 Å². The first-order valence-electron chi connectivity index (χ1n) is 5.58. The smallest absolute Gasteiger partial charge is 0.241 e. The summed E-state index contributed by atoms with van der Waals surface area (Å²) < 4.78 is 5.60. The van der Waals surface area contributed by atoms with E-state index in [4.69, 9.17) is 10.2 Å². The van der Waals surface area contributed by atoms with E-state index in [1.807, 2.05) is 12.1 Å². The molecular weight excluding hydrogens is 204 g/mol. The molecule has 1 fully saturated rings. The number of carbonyl (C=O) groups is 1. The number of nitrogens with zero attached hydrogens (tertiary/aromatic N) is 1. The first-order valence-corrected chi connectivity index (χ1v) is 5.58. The second kappa shape index (κ2) is 4.88. The van der Waals surface area contributed by atoms with E-state index in [2.05, 4.69) is 4.90 Å². The number of amides is 1. The fourth-order valence-corrected chi connectivity index (χ4v) is 1.88. The van der Waals surface area contributed by atoms with Gasteiger partial charge in [-0.25, -0.2) is 0 Å². The number of piperidine rings is 1. The largest absolute Gasteiger partial charge is 0.441 e. The monoisotopic (exact) mass is 220 g/mol. The molecule has 16 heavy (non-hydrogen) atoms. The first-order chi connectivity index (χ1) is 7.75. The Kier molecular flexibility index (Phi) is 3.29. The maximum Gasteiger partial charge on any atom is 0.241 e. The zero-order chi connectivity index (χ0) is 11.4. The third-order valence-corrected chi connectivity index (χ3v) is 2.69. The number of furan rings is 1. The summed E-state index contributed by atoms with van der Waals surface area (Å²) in [5.41, 5.74) is 5.01. The number of hydrogen-bond donors (Lipinski definition) is 1. The summed E-state index contributed by atoms with van der Waals surface area (Å²) in [6.07, 6.45) is 6.63. The van der Waals surface area contributed by atoms with Crippen LogP contribution in [-0.4, -0.2) is 19.0 Å². The van der Waals surface area contributed by atoms with Gasteiger partial charge in [-0.1, -0.05) is 0 Å². The average Bonchev–Trinajstić information content (AvgIpc) is 2.76. The highest BCUT2D eigenvalue weighted by atomic mass is 16.4. The molecule has 0 aliphatic carbocycles. The topological polar surface area (TPSA) is 59.5 Å². The number of carbonyl (C=O) groups excluding carboxylic acids is 1. The van der Waals surface area contributed by atoms with Crippen LogP contribution < -0.4 is 10.6 Å². The van der Waals surface area contributed by atoms with Crippen LogP contribution in [0.2, 0.25) is 0 Å². The summed E-state index contributed by atoms with van der Waals surface area (Å²) in [7, 11) is 0. The standard InChI is InChI=1S/C12H16N2O2/c13-11(15)6-4-10-5-7-12(16-10)14-8-2-1-3-9-14/h4-7H,1-3,8-9H2,(H2,13,15)/b6-4-. The minimum absolute atomic E-state index is 0.462. The Balaban J connectivity index is 2.03. The average molecular weight is 220 g/mol. The van der Waals surface area contributed by atoms with E-state index < -0.39 is 5.91 Å². The van der Waals surface area contributed by atoms with Crippen LogP contribution in [0.5, 0.6) is 0 Å². The molecular formula is C12H16N2O2. The Hall–Kier alpha value is -1.71. The van der Waals surface area contributed by atoms with Crippen molar-refractivity contribution in [1.82, 2.24) is 0 Å². The summed E-state index contributed by atoms with van der Waals surface area (Å²) in [6, 6.07) is 3.79. The van der Waals surface area contributed by atoms with E-state index in [1.165, 1.54) is 25.3 Å². The molecule has 0 radical (unpaired) electrons. The lowest BCUT2D eigenvalue weighted by Gasteiger charge is -2.25. The van der Waals surface area contributed by atoms with Crippen molar-refractivity contribution in [3.8, 4) is 0 Å². The van der Waals surface area contributed by atoms with Gasteiger partial charge in [0.2, 0.25) is 5.91 Å². The van der Waals surface area contributed by atoms with Crippen LogP contribution in [0.15, 0.2) is 22.6 Å². The zero-order valence-electron chi connectivity index (χ0n) is 9.19. The molecule has 86 valence electrons. The Bertz CT molecular complexity index is 389. The fourth-order valence-electron chi connectivity index (χ4n) is 1.88. The van der Waals surface area contributed by atoms with Gasteiger partial charge in [-0.05, 0) is 31.4 Å². The highest BCUT2D eigenvalue weighted by Crippen LogP contribution is 2.22. The van der Waals surface area contributed by atoms with Crippen LogP contribution in [0, 0.1) is 0 Å². The lowest BCUT2D eigenvalue weighted by Crippen LogP contribution is -2.28. The maximum atomic E-state index is 10.6. The summed E-state index contributed by atoms with van der Waals surface area (Å²) >= 11 is 0. The Morgan fingerprint density at radius 1 is 1.31 bits per heavy atom. The van der Waals surface area contributed by atoms with Gasteiger partial charge >= 0.3 is 0 Å². The Morgan fingerprint density at radius 2 is 2.06 bits per heavy atom. The Morgan fingerprint density at radius 3 is 2.75 bits per heavy atom. The van der Waals surface area contributed by atoms with Crippen molar-refractivity contribution in [2.24, 2.45) is 5.73 Å². The van der Waals surface area contributed by atoms with Crippen LogP contribution in [0.25, 0.3) is 6.08 Å². The van der Waals surface area contributed by atoms with Crippen molar-refractivity contribution >= 4 is 17.9 Å². The molecule has 1 aliphatic rings. The van der Waals surface area contributed by atoms with Crippen LogP contribution in [0.3, 0.4) is 0 Å². The van der Waals surface area contributed by atoms with Gasteiger partial charge in [0.1, 0.15) is 5.76 Å². The highest BCUT2D eigenvalue weighted by molar-refractivity contribution is 5.89. The SMILES string of the molecule is NC(=O)/C=C\c1ccc(N2CCCCC2)o1. The van der Waals surface area contributed by atoms with Gasteiger partial charge in [-0.15, -0.1) is 0 Å². The molecule has 1 aliphatic heterocycles. The third-order valence-electron chi connectivity index (χ3n) is 2.69. The molecule has 4 nitrogen and oxygen atoms in total. The number of rotatable bonds is 3. The molecule has 2 N–H and O–H groups in total. The fraction of sp³-hybridized carbons (Fsp3) is 0.417. The van der Waals surface area contributed by atoms with E-state index in [1.54, 1.807) is 6.08 Å². The number of hydrogen-bond acceptors (Lipinski definition) is 3.